The third-order valence-corrected chi connectivity index (χ3v) is 6.59. The predicted octanol–water partition coefficient (Wildman–Crippen LogP) is 1.92. The van der Waals surface area contributed by atoms with Gasteiger partial charge in [-0.25, -0.2) is 14.4 Å². The van der Waals surface area contributed by atoms with Gasteiger partial charge >= 0.3 is 17.9 Å². The molecule has 1 aliphatic rings. The summed E-state index contributed by atoms with van der Waals surface area (Å²) >= 11 is 0. The first kappa shape index (κ1) is 33.7. The number of benzene rings is 2. The molecular formula is C30H36N2O10. The maximum Gasteiger partial charge on any atom is 0.329 e. The zero-order chi connectivity index (χ0) is 31.4. The summed E-state index contributed by atoms with van der Waals surface area (Å²) in [4.78, 5) is 42.4. The number of carbonyl (C=O) groups is 3. The number of aryl methyl sites for hydroxylation is 2. The summed E-state index contributed by atoms with van der Waals surface area (Å²) < 4.78 is 0. The van der Waals surface area contributed by atoms with Crippen LogP contribution in [0.3, 0.4) is 0 Å². The number of aliphatic hydroxyl groups is 2. The van der Waals surface area contributed by atoms with Gasteiger partial charge in [0.25, 0.3) is 0 Å². The number of phenolic OH excluding ortho intramolecular Hbond substituents is 1. The molecule has 0 saturated carbocycles. The van der Waals surface area contributed by atoms with E-state index in [1.807, 2.05) is 0 Å². The van der Waals surface area contributed by atoms with Gasteiger partial charge in [-0.3, -0.25) is 4.79 Å². The molecule has 42 heavy (non-hydrogen) atoms. The number of nitrogens with one attached hydrogen (secondary N) is 2. The molecule has 0 amide bonds. The normalized spacial score (nSPS) is 13.0. The number of H-pyrrole nitrogens is 1. The van der Waals surface area contributed by atoms with Crippen LogP contribution in [-0.4, -0.2) is 72.7 Å². The predicted molar refractivity (Wildman–Crippen MR) is 155 cm³/mol. The molecule has 12 heteroatoms. The van der Waals surface area contributed by atoms with Crippen molar-refractivity contribution in [3.05, 3.63) is 86.7 Å². The van der Waals surface area contributed by atoms with Crippen molar-refractivity contribution >= 4 is 28.8 Å². The number of fused-ring (bicyclic) bond motifs is 2. The molecule has 0 unspecified atom stereocenters. The van der Waals surface area contributed by atoms with Gasteiger partial charge < -0.3 is 40.9 Å². The van der Waals surface area contributed by atoms with Crippen LogP contribution in [0, 0.1) is 0 Å². The Morgan fingerprint density at radius 2 is 1.48 bits per heavy atom. The SMILES string of the molecule is CCc1cc2c(cc1CC)CC(NC[C@H](O)c1ccc(O)c3[nH]c(=O)ccc13)C2.O=C(O)/C=C\C(=O)O.O=C(O)CO. The number of aliphatic carboxylic acids is 3. The molecule has 8 N–H and O–H groups in total. The van der Waals surface area contributed by atoms with E-state index in [0.717, 1.165) is 25.7 Å². The summed E-state index contributed by atoms with van der Waals surface area (Å²) in [5, 5.41) is 55.6. The second-order valence-electron chi connectivity index (χ2n) is 9.47. The average Bonchev–Trinajstić information content (AvgIpc) is 3.36. The molecule has 1 aliphatic carbocycles. The minimum absolute atomic E-state index is 0.00584. The molecule has 0 fully saturated rings. The summed E-state index contributed by atoms with van der Waals surface area (Å²) in [5.41, 5.74) is 6.49. The Bertz CT molecular complexity index is 1450. The number of aromatic amines is 1. The Balaban J connectivity index is 0.000000398. The highest BCUT2D eigenvalue weighted by Crippen LogP contribution is 2.30. The molecule has 12 nitrogen and oxygen atoms in total. The molecule has 1 atom stereocenters. The Labute approximate surface area is 241 Å². The summed E-state index contributed by atoms with van der Waals surface area (Å²) in [6.07, 6.45) is 4.45. The van der Waals surface area contributed by atoms with Crippen molar-refractivity contribution < 1.29 is 45.0 Å². The fraction of sp³-hybridized carbons (Fsp3) is 0.333. The zero-order valence-electron chi connectivity index (χ0n) is 23.3. The van der Waals surface area contributed by atoms with Crippen LogP contribution >= 0.6 is 0 Å². The molecule has 0 spiro atoms. The van der Waals surface area contributed by atoms with Crippen LogP contribution < -0.4 is 10.9 Å². The van der Waals surface area contributed by atoms with Crippen LogP contribution in [-0.2, 0) is 40.1 Å². The van der Waals surface area contributed by atoms with Crippen molar-refractivity contribution in [2.24, 2.45) is 0 Å². The highest BCUT2D eigenvalue weighted by molar-refractivity contribution is 5.89. The lowest BCUT2D eigenvalue weighted by molar-refractivity contribution is -0.140. The molecular weight excluding hydrogens is 548 g/mol. The van der Waals surface area contributed by atoms with E-state index in [1.165, 1.54) is 34.4 Å². The first-order valence-corrected chi connectivity index (χ1v) is 13.3. The third-order valence-electron chi connectivity index (χ3n) is 6.59. The van der Waals surface area contributed by atoms with Gasteiger partial charge in [-0.1, -0.05) is 32.0 Å². The topological polar surface area (TPSA) is 217 Å². The molecule has 2 aromatic carbocycles. The molecule has 1 heterocycles. The van der Waals surface area contributed by atoms with Crippen molar-refractivity contribution in [1.29, 1.82) is 0 Å². The van der Waals surface area contributed by atoms with Gasteiger partial charge in [0.15, 0.2) is 0 Å². The van der Waals surface area contributed by atoms with Crippen molar-refractivity contribution in [2.75, 3.05) is 13.2 Å². The lowest BCUT2D eigenvalue weighted by Crippen LogP contribution is -2.33. The van der Waals surface area contributed by atoms with Crippen LogP contribution in [0.1, 0.15) is 47.8 Å². The molecule has 0 radical (unpaired) electrons. The maximum absolute atomic E-state index is 11.6. The quantitative estimate of drug-likeness (QED) is 0.170. The fourth-order valence-electron chi connectivity index (χ4n) is 4.66. The largest absolute Gasteiger partial charge is 0.506 e. The van der Waals surface area contributed by atoms with E-state index >= 15 is 0 Å². The third kappa shape index (κ3) is 9.84. The van der Waals surface area contributed by atoms with Crippen LogP contribution in [0.4, 0.5) is 0 Å². The highest BCUT2D eigenvalue weighted by atomic mass is 16.4. The van der Waals surface area contributed by atoms with Gasteiger partial charge in [0, 0.05) is 36.2 Å². The van der Waals surface area contributed by atoms with Crippen LogP contribution in [0.5, 0.6) is 5.75 Å². The van der Waals surface area contributed by atoms with E-state index in [9.17, 15) is 24.6 Å². The van der Waals surface area contributed by atoms with Gasteiger partial charge in [-0.15, -0.1) is 0 Å². The van der Waals surface area contributed by atoms with E-state index in [4.69, 9.17) is 25.2 Å². The molecule has 1 aromatic heterocycles. The number of aromatic hydroxyl groups is 1. The van der Waals surface area contributed by atoms with E-state index in [-0.39, 0.29) is 11.3 Å². The van der Waals surface area contributed by atoms with Gasteiger partial charge in [0.05, 0.1) is 11.6 Å². The minimum Gasteiger partial charge on any atom is -0.506 e. The van der Waals surface area contributed by atoms with Crippen LogP contribution in [0.15, 0.2) is 53.3 Å². The zero-order valence-corrected chi connectivity index (χ0v) is 23.3. The lowest BCUT2D eigenvalue weighted by atomic mass is 9.97. The highest BCUT2D eigenvalue weighted by Gasteiger charge is 2.24. The Hall–Kier alpha value is -4.52. The molecule has 0 saturated heterocycles. The number of phenols is 1. The average molecular weight is 585 g/mol. The molecule has 3 aromatic rings. The summed E-state index contributed by atoms with van der Waals surface area (Å²) in [6, 6.07) is 11.3. The smallest absolute Gasteiger partial charge is 0.329 e. The Morgan fingerprint density at radius 1 is 0.952 bits per heavy atom. The Kier molecular flexibility index (Phi) is 12.9. The van der Waals surface area contributed by atoms with Crippen molar-refractivity contribution in [2.45, 2.75) is 51.7 Å². The summed E-state index contributed by atoms with van der Waals surface area (Å²) in [5.74, 6) is -3.70. The van der Waals surface area contributed by atoms with Gasteiger partial charge in [-0.2, -0.15) is 0 Å². The second-order valence-corrected chi connectivity index (χ2v) is 9.47. The first-order chi connectivity index (χ1) is 19.9. The first-order valence-electron chi connectivity index (χ1n) is 13.3. The molecule has 226 valence electrons. The van der Waals surface area contributed by atoms with Gasteiger partial charge in [0.1, 0.15) is 12.4 Å². The standard InChI is InChI=1S/C24H28N2O3.C4H4O4.C2H4O3/c1-3-14-9-16-11-18(12-17(16)10-15(14)4-2)25-13-22(28)19-5-7-21(27)24-20(19)6-8-23(29)26-24;5-3(6)1-2-4(7)8;3-1-2(4)5/h5-10,18,22,25,27-28H,3-4,11-13H2,1-2H3,(H,26,29);1-2H,(H,5,6)(H,7,8);3H,1H2,(H,4,5)/b;2-1-;/t22-;;/m0../s1. The second kappa shape index (κ2) is 16.1. The molecule has 0 bridgehead atoms. The lowest BCUT2D eigenvalue weighted by Gasteiger charge is -2.18. The van der Waals surface area contributed by atoms with Crippen molar-refractivity contribution in [3.63, 3.8) is 0 Å². The number of carboxylic acids is 3. The van der Waals surface area contributed by atoms with Gasteiger partial charge in [0.2, 0.25) is 5.56 Å². The van der Waals surface area contributed by atoms with E-state index < -0.39 is 30.6 Å². The number of carboxylic acid groups (broad SMARTS) is 3. The number of aromatic nitrogens is 1. The number of rotatable bonds is 9. The Morgan fingerprint density at radius 3 is 1.93 bits per heavy atom. The molecule has 0 aliphatic heterocycles. The number of pyridine rings is 1. The number of hydrogen-bond donors (Lipinski definition) is 8. The van der Waals surface area contributed by atoms with Crippen molar-refractivity contribution in [3.8, 4) is 5.75 Å². The fourth-order valence-corrected chi connectivity index (χ4v) is 4.66. The van der Waals surface area contributed by atoms with E-state index in [1.54, 1.807) is 12.1 Å². The number of aliphatic hydroxyl groups excluding tert-OH is 2. The molecule has 4 rings (SSSR count). The van der Waals surface area contributed by atoms with Gasteiger partial charge in [-0.05, 0) is 65.6 Å². The number of hydrogen-bond acceptors (Lipinski definition) is 8. The van der Waals surface area contributed by atoms with E-state index in [2.05, 4.69) is 36.3 Å². The van der Waals surface area contributed by atoms with Crippen molar-refractivity contribution in [1.82, 2.24) is 10.3 Å². The van der Waals surface area contributed by atoms with E-state index in [0.29, 0.717) is 41.2 Å². The van der Waals surface area contributed by atoms with Crippen LogP contribution in [0.25, 0.3) is 10.9 Å². The minimum atomic E-state index is -1.26. The van der Waals surface area contributed by atoms with Crippen LogP contribution in [0.2, 0.25) is 0 Å². The monoisotopic (exact) mass is 584 g/mol. The maximum atomic E-state index is 11.6. The summed E-state index contributed by atoms with van der Waals surface area (Å²) in [6.45, 7) is 4.05. The summed E-state index contributed by atoms with van der Waals surface area (Å²) in [7, 11) is 0.